The van der Waals surface area contributed by atoms with Gasteiger partial charge in [0.05, 0.1) is 19.8 Å². The van der Waals surface area contributed by atoms with Crippen molar-refractivity contribution in [3.8, 4) is 11.5 Å². The lowest BCUT2D eigenvalue weighted by molar-refractivity contribution is 0.0944. The summed E-state index contributed by atoms with van der Waals surface area (Å²) < 4.78 is 10.6. The second-order valence-electron chi connectivity index (χ2n) is 6.30. The van der Waals surface area contributed by atoms with Crippen molar-refractivity contribution in [3.63, 3.8) is 0 Å². The lowest BCUT2D eigenvalue weighted by Gasteiger charge is -2.15. The third-order valence-electron chi connectivity index (χ3n) is 3.89. The Morgan fingerprint density at radius 2 is 1.81 bits per heavy atom. The molecule has 6 nitrogen and oxygen atoms in total. The van der Waals surface area contributed by atoms with Crippen LogP contribution in [-0.4, -0.2) is 32.7 Å². The van der Waals surface area contributed by atoms with E-state index >= 15 is 0 Å². The maximum Gasteiger partial charge on any atom is 0.253 e. The average Bonchev–Trinajstić information content (AvgIpc) is 2.62. The second kappa shape index (κ2) is 8.99. The molecule has 0 fully saturated rings. The van der Waals surface area contributed by atoms with Crippen molar-refractivity contribution in [1.82, 2.24) is 5.32 Å². The molecule has 0 bridgehead atoms. The van der Waals surface area contributed by atoms with Gasteiger partial charge in [-0.05, 0) is 56.2 Å². The van der Waals surface area contributed by atoms with Gasteiger partial charge in [-0.1, -0.05) is 6.07 Å². The lowest BCUT2D eigenvalue weighted by Crippen LogP contribution is -2.30. The Balaban J connectivity index is 2.07. The molecule has 0 aromatic heterocycles. The number of hydrogen-bond donors (Lipinski definition) is 3. The Hall–Kier alpha value is -2.89. The Kier molecular flexibility index (Phi) is 6.72. The molecule has 2 aromatic rings. The summed E-state index contributed by atoms with van der Waals surface area (Å²) in [6, 6.07) is 11.2. The molecule has 0 saturated carbocycles. The molecule has 0 aliphatic carbocycles. The number of nitrogens with two attached hydrogens (primary N) is 1. The molecule has 140 valence electrons. The van der Waals surface area contributed by atoms with E-state index in [-0.39, 0.29) is 11.9 Å². The van der Waals surface area contributed by atoms with Gasteiger partial charge in [-0.25, -0.2) is 0 Å². The van der Waals surface area contributed by atoms with Gasteiger partial charge in [-0.15, -0.1) is 0 Å². The number of carbonyl (C=O) groups is 1. The zero-order valence-corrected chi connectivity index (χ0v) is 15.8. The highest BCUT2D eigenvalue weighted by Crippen LogP contribution is 2.27. The predicted octanol–water partition coefficient (Wildman–Crippen LogP) is 3.08. The maximum atomic E-state index is 12.4. The number of methoxy groups -OCH3 is 2. The molecule has 0 aliphatic rings. The fourth-order valence-corrected chi connectivity index (χ4v) is 2.62. The van der Waals surface area contributed by atoms with Crippen molar-refractivity contribution in [2.75, 3.05) is 31.8 Å². The van der Waals surface area contributed by atoms with E-state index in [0.717, 1.165) is 17.7 Å². The number of ether oxygens (including phenoxy) is 2. The Morgan fingerprint density at radius 1 is 1.08 bits per heavy atom. The standard InChI is InChI=1S/C20H27N3O3/c1-13(2)23-20(24)16-12-15(21)6-7-17(16)22-10-9-14-5-8-18(25-3)19(11-14)26-4/h5-8,11-13,22H,9-10,21H2,1-4H3,(H,23,24). The number of carbonyl (C=O) groups excluding carboxylic acids is 1. The van der Waals surface area contributed by atoms with Crippen LogP contribution in [0.15, 0.2) is 36.4 Å². The average molecular weight is 357 g/mol. The highest BCUT2D eigenvalue weighted by molar-refractivity contribution is 6.00. The molecular weight excluding hydrogens is 330 g/mol. The maximum absolute atomic E-state index is 12.4. The van der Waals surface area contributed by atoms with Gasteiger partial charge < -0.3 is 25.8 Å². The van der Waals surface area contributed by atoms with Crippen LogP contribution in [0.1, 0.15) is 29.8 Å². The van der Waals surface area contributed by atoms with Crippen LogP contribution in [0.2, 0.25) is 0 Å². The van der Waals surface area contributed by atoms with E-state index in [2.05, 4.69) is 10.6 Å². The summed E-state index contributed by atoms with van der Waals surface area (Å²) in [6.45, 7) is 4.52. The van der Waals surface area contributed by atoms with Crippen molar-refractivity contribution in [2.24, 2.45) is 0 Å². The Labute approximate surface area is 154 Å². The van der Waals surface area contributed by atoms with Gasteiger partial charge in [0.2, 0.25) is 0 Å². The van der Waals surface area contributed by atoms with Gasteiger partial charge in [0.15, 0.2) is 11.5 Å². The molecule has 26 heavy (non-hydrogen) atoms. The Morgan fingerprint density at radius 3 is 2.46 bits per heavy atom. The highest BCUT2D eigenvalue weighted by Gasteiger charge is 2.13. The lowest BCUT2D eigenvalue weighted by atomic mass is 10.1. The van der Waals surface area contributed by atoms with Crippen molar-refractivity contribution >= 4 is 17.3 Å². The topological polar surface area (TPSA) is 85.6 Å². The molecule has 0 heterocycles. The SMILES string of the molecule is COc1ccc(CCNc2ccc(N)cc2C(=O)NC(C)C)cc1OC. The van der Waals surface area contributed by atoms with Gasteiger partial charge >= 0.3 is 0 Å². The second-order valence-corrected chi connectivity index (χ2v) is 6.30. The van der Waals surface area contributed by atoms with Crippen LogP contribution < -0.4 is 25.8 Å². The summed E-state index contributed by atoms with van der Waals surface area (Å²) in [7, 11) is 3.23. The van der Waals surface area contributed by atoms with Crippen LogP contribution in [0.25, 0.3) is 0 Å². The fraction of sp³-hybridized carbons (Fsp3) is 0.350. The predicted molar refractivity (Wildman–Crippen MR) is 105 cm³/mol. The first-order valence-corrected chi connectivity index (χ1v) is 8.59. The van der Waals surface area contributed by atoms with Crippen molar-refractivity contribution < 1.29 is 14.3 Å². The molecule has 0 radical (unpaired) electrons. The zero-order chi connectivity index (χ0) is 19.1. The van der Waals surface area contributed by atoms with Crippen molar-refractivity contribution in [2.45, 2.75) is 26.3 Å². The van der Waals surface area contributed by atoms with E-state index in [0.29, 0.717) is 29.3 Å². The molecule has 2 rings (SSSR count). The first-order valence-electron chi connectivity index (χ1n) is 8.59. The van der Waals surface area contributed by atoms with Gasteiger partial charge in [0.1, 0.15) is 0 Å². The minimum absolute atomic E-state index is 0.0588. The third-order valence-corrected chi connectivity index (χ3v) is 3.89. The van der Waals surface area contributed by atoms with Crippen LogP contribution in [0, 0.1) is 0 Å². The minimum atomic E-state index is -0.138. The molecule has 0 aliphatic heterocycles. The number of rotatable bonds is 8. The normalized spacial score (nSPS) is 10.5. The number of amides is 1. The van der Waals surface area contributed by atoms with E-state index in [1.165, 1.54) is 0 Å². The minimum Gasteiger partial charge on any atom is -0.493 e. The highest BCUT2D eigenvalue weighted by atomic mass is 16.5. The third kappa shape index (κ3) is 5.05. The molecule has 0 saturated heterocycles. The van der Waals surface area contributed by atoms with Crippen LogP contribution >= 0.6 is 0 Å². The zero-order valence-electron chi connectivity index (χ0n) is 15.8. The largest absolute Gasteiger partial charge is 0.493 e. The summed E-state index contributed by atoms with van der Waals surface area (Å²) in [5.41, 5.74) is 8.82. The fourth-order valence-electron chi connectivity index (χ4n) is 2.62. The van der Waals surface area contributed by atoms with E-state index in [1.54, 1.807) is 26.4 Å². The number of nitrogens with one attached hydrogen (secondary N) is 2. The Bertz CT molecular complexity index is 760. The van der Waals surface area contributed by atoms with E-state index in [9.17, 15) is 4.79 Å². The molecule has 6 heteroatoms. The summed E-state index contributed by atoms with van der Waals surface area (Å²) in [6.07, 6.45) is 0.774. The van der Waals surface area contributed by atoms with Gasteiger partial charge in [-0.3, -0.25) is 4.79 Å². The smallest absolute Gasteiger partial charge is 0.253 e. The van der Waals surface area contributed by atoms with E-state index < -0.39 is 0 Å². The number of nitrogen functional groups attached to an aromatic ring is 1. The summed E-state index contributed by atoms with van der Waals surface area (Å²) >= 11 is 0. The number of benzene rings is 2. The molecule has 1 amide bonds. The van der Waals surface area contributed by atoms with Crippen molar-refractivity contribution in [1.29, 1.82) is 0 Å². The van der Waals surface area contributed by atoms with Gasteiger partial charge in [0, 0.05) is 24.0 Å². The number of hydrogen-bond acceptors (Lipinski definition) is 5. The first-order chi connectivity index (χ1) is 12.4. The van der Waals surface area contributed by atoms with Crippen molar-refractivity contribution in [3.05, 3.63) is 47.5 Å². The molecule has 4 N–H and O–H groups in total. The van der Waals surface area contributed by atoms with Crippen LogP contribution in [0.5, 0.6) is 11.5 Å². The van der Waals surface area contributed by atoms with E-state index in [4.69, 9.17) is 15.2 Å². The van der Waals surface area contributed by atoms with Crippen LogP contribution in [-0.2, 0) is 6.42 Å². The monoisotopic (exact) mass is 357 g/mol. The number of anilines is 2. The molecule has 0 unspecified atom stereocenters. The molecule has 2 aromatic carbocycles. The molecular formula is C20H27N3O3. The molecule has 0 spiro atoms. The van der Waals surface area contributed by atoms with Gasteiger partial charge in [0.25, 0.3) is 5.91 Å². The summed E-state index contributed by atoms with van der Waals surface area (Å²) in [5, 5.41) is 6.22. The summed E-state index contributed by atoms with van der Waals surface area (Å²) in [5.74, 6) is 1.27. The van der Waals surface area contributed by atoms with Crippen LogP contribution in [0.3, 0.4) is 0 Å². The van der Waals surface area contributed by atoms with E-state index in [1.807, 2.05) is 38.1 Å². The first kappa shape index (κ1) is 19.4. The van der Waals surface area contributed by atoms with Gasteiger partial charge in [-0.2, -0.15) is 0 Å². The van der Waals surface area contributed by atoms with Crippen LogP contribution in [0.4, 0.5) is 11.4 Å². The molecule has 0 atom stereocenters. The quantitative estimate of drug-likeness (QED) is 0.632. The summed E-state index contributed by atoms with van der Waals surface area (Å²) in [4.78, 5) is 12.4.